The van der Waals surface area contributed by atoms with Crippen LogP contribution in [-0.2, 0) is 11.2 Å². The minimum absolute atomic E-state index is 0.0904. The van der Waals surface area contributed by atoms with Crippen molar-refractivity contribution < 1.29 is 4.74 Å². The number of nitriles is 1. The van der Waals surface area contributed by atoms with Crippen molar-refractivity contribution in [3.63, 3.8) is 0 Å². The molecule has 5 nitrogen and oxygen atoms in total. The third-order valence-electron chi connectivity index (χ3n) is 2.80. The van der Waals surface area contributed by atoms with E-state index in [0.717, 1.165) is 17.8 Å². The lowest BCUT2D eigenvalue weighted by Crippen LogP contribution is -2.14. The summed E-state index contributed by atoms with van der Waals surface area (Å²) >= 11 is 0. The number of aromatic nitrogens is 3. The maximum absolute atomic E-state index is 8.74. The molecule has 1 aromatic rings. The Morgan fingerprint density at radius 3 is 2.69 bits per heavy atom. The van der Waals surface area contributed by atoms with Gasteiger partial charge in [-0.25, -0.2) is 4.68 Å². The summed E-state index contributed by atoms with van der Waals surface area (Å²) in [5, 5.41) is 16.9. The van der Waals surface area contributed by atoms with Gasteiger partial charge >= 0.3 is 0 Å². The maximum Gasteiger partial charge on any atom is 0.103 e. The van der Waals surface area contributed by atoms with Gasteiger partial charge in [0.1, 0.15) is 5.69 Å². The predicted molar refractivity (Wildman–Crippen MR) is 59.8 cm³/mol. The van der Waals surface area contributed by atoms with Gasteiger partial charge in [0.2, 0.25) is 0 Å². The highest BCUT2D eigenvalue weighted by Gasteiger charge is 2.20. The SMILES string of the molecule is CCC(C)n1nnc(CC#N)c1C(C)OC. The van der Waals surface area contributed by atoms with Crippen molar-refractivity contribution >= 4 is 0 Å². The van der Waals surface area contributed by atoms with E-state index in [9.17, 15) is 0 Å². The average Bonchev–Trinajstić information content (AvgIpc) is 2.71. The molecule has 0 N–H and O–H groups in total. The standard InChI is InChI=1S/C11H18N4O/c1-5-8(2)15-11(9(3)16-4)10(6-7-12)13-14-15/h8-9H,5-6H2,1-4H3. The van der Waals surface area contributed by atoms with Crippen LogP contribution in [0.5, 0.6) is 0 Å². The van der Waals surface area contributed by atoms with Crippen LogP contribution >= 0.6 is 0 Å². The molecule has 2 unspecified atom stereocenters. The zero-order valence-corrected chi connectivity index (χ0v) is 10.3. The molecule has 0 spiro atoms. The largest absolute Gasteiger partial charge is 0.375 e. The molecule has 0 fully saturated rings. The van der Waals surface area contributed by atoms with E-state index in [-0.39, 0.29) is 18.6 Å². The Hall–Kier alpha value is -1.41. The van der Waals surface area contributed by atoms with Crippen molar-refractivity contribution in [3.05, 3.63) is 11.4 Å². The van der Waals surface area contributed by atoms with Crippen molar-refractivity contribution in [1.82, 2.24) is 15.0 Å². The second-order valence-electron chi connectivity index (χ2n) is 3.84. The van der Waals surface area contributed by atoms with Crippen LogP contribution in [0.2, 0.25) is 0 Å². The Kier molecular flexibility index (Phi) is 4.44. The van der Waals surface area contributed by atoms with Gasteiger partial charge in [0, 0.05) is 7.11 Å². The zero-order chi connectivity index (χ0) is 12.1. The molecule has 0 saturated carbocycles. The molecular formula is C11H18N4O. The Bertz CT molecular complexity index is 380. The van der Waals surface area contributed by atoms with Crippen LogP contribution in [-0.4, -0.2) is 22.1 Å². The fraction of sp³-hybridized carbons (Fsp3) is 0.727. The van der Waals surface area contributed by atoms with E-state index in [1.807, 2.05) is 11.6 Å². The van der Waals surface area contributed by atoms with Crippen molar-refractivity contribution in [2.75, 3.05) is 7.11 Å². The molecule has 1 rings (SSSR count). The number of hydrogen-bond acceptors (Lipinski definition) is 4. The van der Waals surface area contributed by atoms with Crippen molar-refractivity contribution in [2.45, 2.75) is 45.8 Å². The highest BCUT2D eigenvalue weighted by atomic mass is 16.5. The normalized spacial score (nSPS) is 14.4. The second-order valence-corrected chi connectivity index (χ2v) is 3.84. The van der Waals surface area contributed by atoms with Gasteiger partial charge in [-0.2, -0.15) is 5.26 Å². The van der Waals surface area contributed by atoms with Crippen LogP contribution in [0.3, 0.4) is 0 Å². The van der Waals surface area contributed by atoms with Crippen LogP contribution in [0, 0.1) is 11.3 Å². The molecule has 0 bridgehead atoms. The van der Waals surface area contributed by atoms with Gasteiger partial charge in [-0.05, 0) is 20.3 Å². The lowest BCUT2D eigenvalue weighted by atomic mass is 10.1. The minimum Gasteiger partial charge on any atom is -0.375 e. The summed E-state index contributed by atoms with van der Waals surface area (Å²) < 4.78 is 7.17. The first-order chi connectivity index (χ1) is 7.65. The average molecular weight is 222 g/mol. The number of ether oxygens (including phenoxy) is 1. The minimum atomic E-state index is -0.0904. The molecule has 0 aliphatic carbocycles. The van der Waals surface area contributed by atoms with E-state index in [1.54, 1.807) is 7.11 Å². The lowest BCUT2D eigenvalue weighted by Gasteiger charge is -2.17. The molecule has 1 aromatic heterocycles. The molecular weight excluding hydrogens is 204 g/mol. The van der Waals surface area contributed by atoms with Gasteiger partial charge in [-0.3, -0.25) is 0 Å². The first-order valence-corrected chi connectivity index (χ1v) is 5.49. The van der Waals surface area contributed by atoms with E-state index in [4.69, 9.17) is 10.00 Å². The van der Waals surface area contributed by atoms with E-state index in [2.05, 4.69) is 30.2 Å². The molecule has 88 valence electrons. The van der Waals surface area contributed by atoms with Crippen LogP contribution in [0.4, 0.5) is 0 Å². The summed E-state index contributed by atoms with van der Waals surface area (Å²) in [6.07, 6.45) is 1.16. The molecule has 1 heterocycles. The van der Waals surface area contributed by atoms with E-state index in [0.29, 0.717) is 0 Å². The molecule has 0 aliphatic heterocycles. The Balaban J connectivity index is 3.14. The molecule has 2 atom stereocenters. The van der Waals surface area contributed by atoms with E-state index < -0.39 is 0 Å². The lowest BCUT2D eigenvalue weighted by molar-refractivity contribution is 0.109. The number of methoxy groups -OCH3 is 1. The van der Waals surface area contributed by atoms with E-state index >= 15 is 0 Å². The maximum atomic E-state index is 8.74. The molecule has 0 aliphatic rings. The van der Waals surface area contributed by atoms with Crippen molar-refractivity contribution in [3.8, 4) is 6.07 Å². The number of nitrogens with zero attached hydrogens (tertiary/aromatic N) is 4. The molecule has 16 heavy (non-hydrogen) atoms. The highest BCUT2D eigenvalue weighted by molar-refractivity contribution is 5.17. The first kappa shape index (κ1) is 12.7. The smallest absolute Gasteiger partial charge is 0.103 e. The second kappa shape index (κ2) is 5.61. The van der Waals surface area contributed by atoms with Gasteiger partial charge in [-0.15, -0.1) is 5.10 Å². The summed E-state index contributed by atoms with van der Waals surface area (Å²) in [6.45, 7) is 6.12. The number of rotatable bonds is 5. The van der Waals surface area contributed by atoms with Crippen LogP contribution in [0.1, 0.15) is 50.7 Å². The predicted octanol–water partition coefficient (Wildman–Crippen LogP) is 2.02. The quantitative estimate of drug-likeness (QED) is 0.764. The fourth-order valence-electron chi connectivity index (χ4n) is 1.57. The van der Waals surface area contributed by atoms with Gasteiger partial charge in [-0.1, -0.05) is 12.1 Å². The summed E-state index contributed by atoms with van der Waals surface area (Å²) in [5.74, 6) is 0. The van der Waals surface area contributed by atoms with Gasteiger partial charge in [0.15, 0.2) is 0 Å². The Morgan fingerprint density at radius 2 is 2.19 bits per heavy atom. The summed E-state index contributed by atoms with van der Waals surface area (Å²) in [6, 6.07) is 2.37. The summed E-state index contributed by atoms with van der Waals surface area (Å²) in [4.78, 5) is 0. The van der Waals surface area contributed by atoms with Crippen molar-refractivity contribution in [1.29, 1.82) is 5.26 Å². The molecule has 0 saturated heterocycles. The molecule has 0 radical (unpaired) electrons. The third-order valence-corrected chi connectivity index (χ3v) is 2.80. The van der Waals surface area contributed by atoms with Crippen molar-refractivity contribution in [2.24, 2.45) is 0 Å². The monoisotopic (exact) mass is 222 g/mol. The third kappa shape index (κ3) is 2.39. The first-order valence-electron chi connectivity index (χ1n) is 5.49. The van der Waals surface area contributed by atoms with Crippen LogP contribution in [0.25, 0.3) is 0 Å². The summed E-state index contributed by atoms with van der Waals surface area (Å²) in [7, 11) is 1.65. The van der Waals surface area contributed by atoms with Crippen LogP contribution in [0.15, 0.2) is 0 Å². The number of hydrogen-bond donors (Lipinski definition) is 0. The topological polar surface area (TPSA) is 63.7 Å². The molecule has 0 aromatic carbocycles. The summed E-state index contributed by atoms with van der Waals surface area (Å²) in [5.41, 5.74) is 1.63. The Labute approximate surface area is 96.0 Å². The fourth-order valence-corrected chi connectivity index (χ4v) is 1.57. The van der Waals surface area contributed by atoms with Gasteiger partial charge in [0.05, 0.1) is 30.3 Å². The highest BCUT2D eigenvalue weighted by Crippen LogP contribution is 2.23. The Morgan fingerprint density at radius 1 is 1.50 bits per heavy atom. The van der Waals surface area contributed by atoms with Crippen LogP contribution < -0.4 is 0 Å². The van der Waals surface area contributed by atoms with E-state index in [1.165, 1.54) is 0 Å². The zero-order valence-electron chi connectivity index (χ0n) is 10.3. The van der Waals surface area contributed by atoms with Gasteiger partial charge < -0.3 is 4.74 Å². The molecule has 5 heteroatoms. The van der Waals surface area contributed by atoms with Gasteiger partial charge in [0.25, 0.3) is 0 Å². The molecule has 0 amide bonds.